The summed E-state index contributed by atoms with van der Waals surface area (Å²) in [5.74, 6) is 0.0820. The van der Waals surface area contributed by atoms with Crippen molar-refractivity contribution < 1.29 is 14.3 Å². The van der Waals surface area contributed by atoms with Crippen LogP contribution in [0.5, 0.6) is 5.75 Å². The largest absolute Gasteiger partial charge is 0.479 e. The lowest BCUT2D eigenvalue weighted by Crippen LogP contribution is -2.47. The highest BCUT2D eigenvalue weighted by Gasteiger charge is 2.32. The Bertz CT molecular complexity index is 789. The molecule has 1 aliphatic heterocycles. The highest BCUT2D eigenvalue weighted by atomic mass is 35.5. The smallest absolute Gasteiger partial charge is 0.268 e. The lowest BCUT2D eigenvalue weighted by molar-refractivity contribution is -0.127. The number of fused-ring (bicyclic) bond motifs is 1. The van der Waals surface area contributed by atoms with Gasteiger partial charge in [0.1, 0.15) is 12.3 Å². The van der Waals surface area contributed by atoms with Crippen molar-refractivity contribution in [3.8, 4) is 5.75 Å². The van der Waals surface area contributed by atoms with E-state index < -0.39 is 6.10 Å². The summed E-state index contributed by atoms with van der Waals surface area (Å²) in [6.07, 6.45) is -0.622. The molecule has 124 valence electrons. The number of hydrogen-bond donors (Lipinski definition) is 1. The minimum atomic E-state index is -0.622. The van der Waals surface area contributed by atoms with Crippen molar-refractivity contribution >= 4 is 34.8 Å². The van der Waals surface area contributed by atoms with Gasteiger partial charge in [0.05, 0.1) is 5.69 Å². The molecule has 0 aromatic heterocycles. The number of carbonyl (C=O) groups excluding carboxylic acids is 2. The summed E-state index contributed by atoms with van der Waals surface area (Å²) < 4.78 is 5.60. The fourth-order valence-electron chi connectivity index (χ4n) is 2.56. The third-order valence-electron chi connectivity index (χ3n) is 3.75. The average molecular weight is 345 g/mol. The van der Waals surface area contributed by atoms with Crippen molar-refractivity contribution in [2.45, 2.75) is 20.0 Å². The fourth-order valence-corrected chi connectivity index (χ4v) is 2.68. The number of rotatable bonds is 3. The zero-order valence-corrected chi connectivity index (χ0v) is 14.1. The Labute approximate surface area is 145 Å². The van der Waals surface area contributed by atoms with Crippen molar-refractivity contribution in [3.05, 3.63) is 53.1 Å². The maximum atomic E-state index is 12.4. The van der Waals surface area contributed by atoms with E-state index in [1.54, 1.807) is 31.2 Å². The topological polar surface area (TPSA) is 58.6 Å². The molecule has 2 amide bonds. The third-order valence-corrected chi connectivity index (χ3v) is 4.00. The SMILES string of the molecule is Cc1ccc2c(c1)N(CC(=O)Nc1ccc(Cl)cc1)C(=O)C(C)O2. The van der Waals surface area contributed by atoms with Crippen LogP contribution in [0.1, 0.15) is 12.5 Å². The molecule has 0 bridgehead atoms. The summed E-state index contributed by atoms with van der Waals surface area (Å²) in [5, 5.41) is 3.36. The number of nitrogens with one attached hydrogen (secondary N) is 1. The van der Waals surface area contributed by atoms with E-state index >= 15 is 0 Å². The molecule has 1 atom stereocenters. The van der Waals surface area contributed by atoms with Crippen LogP contribution in [-0.4, -0.2) is 24.5 Å². The molecule has 24 heavy (non-hydrogen) atoms. The van der Waals surface area contributed by atoms with E-state index in [-0.39, 0.29) is 18.4 Å². The Morgan fingerprint density at radius 2 is 1.96 bits per heavy atom. The molecule has 0 fully saturated rings. The first-order chi connectivity index (χ1) is 11.4. The molecule has 2 aromatic carbocycles. The Kier molecular flexibility index (Phi) is 4.44. The van der Waals surface area contributed by atoms with Gasteiger partial charge in [-0.25, -0.2) is 0 Å². The van der Waals surface area contributed by atoms with Crippen LogP contribution in [-0.2, 0) is 9.59 Å². The molecule has 3 rings (SSSR count). The lowest BCUT2D eigenvalue weighted by atomic mass is 10.1. The molecule has 0 aliphatic carbocycles. The van der Waals surface area contributed by atoms with E-state index in [1.165, 1.54) is 4.90 Å². The third kappa shape index (κ3) is 3.36. The highest BCUT2D eigenvalue weighted by Crippen LogP contribution is 2.34. The van der Waals surface area contributed by atoms with Gasteiger partial charge in [-0.05, 0) is 55.8 Å². The predicted octanol–water partition coefficient (Wildman–Crippen LogP) is 3.40. The predicted molar refractivity (Wildman–Crippen MR) is 93.7 cm³/mol. The molecule has 1 N–H and O–H groups in total. The number of halogens is 1. The van der Waals surface area contributed by atoms with Crippen molar-refractivity contribution in [1.82, 2.24) is 0 Å². The first kappa shape index (κ1) is 16.3. The fraction of sp³-hybridized carbons (Fsp3) is 0.222. The number of benzene rings is 2. The monoisotopic (exact) mass is 344 g/mol. The van der Waals surface area contributed by atoms with Crippen LogP contribution in [0, 0.1) is 6.92 Å². The maximum Gasteiger partial charge on any atom is 0.268 e. The van der Waals surface area contributed by atoms with Gasteiger partial charge in [0.2, 0.25) is 5.91 Å². The van der Waals surface area contributed by atoms with Gasteiger partial charge in [0.15, 0.2) is 6.10 Å². The van der Waals surface area contributed by atoms with Crippen LogP contribution in [0.2, 0.25) is 5.02 Å². The highest BCUT2D eigenvalue weighted by molar-refractivity contribution is 6.30. The molecule has 0 saturated carbocycles. The van der Waals surface area contributed by atoms with Crippen molar-refractivity contribution in [2.75, 3.05) is 16.8 Å². The molecule has 0 spiro atoms. The summed E-state index contributed by atoms with van der Waals surface area (Å²) in [4.78, 5) is 26.2. The van der Waals surface area contributed by atoms with Crippen LogP contribution < -0.4 is 15.0 Å². The van der Waals surface area contributed by atoms with E-state index in [2.05, 4.69) is 5.32 Å². The second-order valence-electron chi connectivity index (χ2n) is 5.71. The Hall–Kier alpha value is -2.53. The molecule has 0 radical (unpaired) electrons. The van der Waals surface area contributed by atoms with Gasteiger partial charge in [-0.15, -0.1) is 0 Å². The second kappa shape index (κ2) is 6.53. The summed E-state index contributed by atoms with van der Waals surface area (Å²) >= 11 is 5.83. The van der Waals surface area contributed by atoms with E-state index in [0.717, 1.165) is 5.56 Å². The molecule has 1 unspecified atom stereocenters. The number of amides is 2. The minimum absolute atomic E-state index is 0.0778. The zero-order chi connectivity index (χ0) is 17.3. The summed E-state index contributed by atoms with van der Waals surface area (Å²) in [7, 11) is 0. The van der Waals surface area contributed by atoms with Gasteiger partial charge in [0.25, 0.3) is 5.91 Å². The molecular weight excluding hydrogens is 328 g/mol. The maximum absolute atomic E-state index is 12.4. The van der Waals surface area contributed by atoms with E-state index in [0.29, 0.717) is 22.1 Å². The van der Waals surface area contributed by atoms with Crippen molar-refractivity contribution in [3.63, 3.8) is 0 Å². The second-order valence-corrected chi connectivity index (χ2v) is 6.15. The molecule has 1 aliphatic rings. The van der Waals surface area contributed by atoms with Gasteiger partial charge in [-0.1, -0.05) is 17.7 Å². The Morgan fingerprint density at radius 3 is 2.67 bits per heavy atom. The number of aryl methyl sites for hydroxylation is 1. The van der Waals surface area contributed by atoms with Gasteiger partial charge in [-0.2, -0.15) is 0 Å². The van der Waals surface area contributed by atoms with Gasteiger partial charge < -0.3 is 10.1 Å². The Morgan fingerprint density at radius 1 is 1.25 bits per heavy atom. The van der Waals surface area contributed by atoms with Crippen LogP contribution in [0.15, 0.2) is 42.5 Å². The Balaban J connectivity index is 1.80. The summed E-state index contributed by atoms with van der Waals surface area (Å²) in [6, 6.07) is 12.4. The number of hydrogen-bond acceptors (Lipinski definition) is 3. The minimum Gasteiger partial charge on any atom is -0.479 e. The average Bonchev–Trinajstić information content (AvgIpc) is 2.55. The van der Waals surface area contributed by atoms with Crippen molar-refractivity contribution in [1.29, 1.82) is 0 Å². The number of carbonyl (C=O) groups is 2. The first-order valence-corrected chi connectivity index (χ1v) is 7.96. The van der Waals surface area contributed by atoms with Crippen LogP contribution in [0.25, 0.3) is 0 Å². The number of anilines is 2. The van der Waals surface area contributed by atoms with E-state index in [9.17, 15) is 9.59 Å². The van der Waals surface area contributed by atoms with Crippen molar-refractivity contribution in [2.24, 2.45) is 0 Å². The van der Waals surface area contributed by atoms with Gasteiger partial charge in [-0.3, -0.25) is 14.5 Å². The summed E-state index contributed by atoms with van der Waals surface area (Å²) in [5.41, 5.74) is 2.23. The number of ether oxygens (including phenoxy) is 1. The molecule has 2 aromatic rings. The lowest BCUT2D eigenvalue weighted by Gasteiger charge is -2.32. The first-order valence-electron chi connectivity index (χ1n) is 7.58. The molecular formula is C18H17ClN2O3. The van der Waals surface area contributed by atoms with E-state index in [1.807, 2.05) is 25.1 Å². The van der Waals surface area contributed by atoms with Crippen LogP contribution in [0.4, 0.5) is 11.4 Å². The number of nitrogens with zero attached hydrogens (tertiary/aromatic N) is 1. The normalized spacial score (nSPS) is 16.4. The van der Waals surface area contributed by atoms with E-state index in [4.69, 9.17) is 16.3 Å². The van der Waals surface area contributed by atoms with Gasteiger partial charge >= 0.3 is 0 Å². The standard InChI is InChI=1S/C18H17ClN2O3/c1-11-3-8-16-15(9-11)21(18(23)12(2)24-16)10-17(22)20-14-6-4-13(19)5-7-14/h3-9,12H,10H2,1-2H3,(H,20,22). The molecule has 1 heterocycles. The summed E-state index contributed by atoms with van der Waals surface area (Å²) in [6.45, 7) is 3.52. The van der Waals surface area contributed by atoms with Crippen LogP contribution >= 0.6 is 11.6 Å². The molecule has 6 heteroatoms. The van der Waals surface area contributed by atoms with Crippen LogP contribution in [0.3, 0.4) is 0 Å². The quantitative estimate of drug-likeness (QED) is 0.928. The molecule has 5 nitrogen and oxygen atoms in total. The van der Waals surface area contributed by atoms with Gasteiger partial charge in [0, 0.05) is 10.7 Å². The zero-order valence-electron chi connectivity index (χ0n) is 13.4. The molecule has 0 saturated heterocycles.